The molecule has 186 valence electrons. The van der Waals surface area contributed by atoms with Crippen LogP contribution in [0.2, 0.25) is 0 Å². The lowest BCUT2D eigenvalue weighted by atomic mass is 9.95. The molecule has 0 spiro atoms. The molecule has 9 heteroatoms. The van der Waals surface area contributed by atoms with E-state index in [1.807, 2.05) is 32.9 Å². The summed E-state index contributed by atoms with van der Waals surface area (Å²) in [4.78, 5) is 13.2. The summed E-state index contributed by atoms with van der Waals surface area (Å²) in [5, 5.41) is 2.94. The standard InChI is InChI=1S/C25H32F2N2O4S/c1-4-22(21-7-5-6-8-23(21)33-25(26)27)28-24(30)19-13-15-29(16-14-19)34(31,32)20-11-9-18(10-12-20)17(2)3/h5-12,17,19,22,25H,4,13-16H2,1-3H3,(H,28,30). The molecule has 3 rings (SSSR count). The molecule has 34 heavy (non-hydrogen) atoms. The van der Waals surface area contributed by atoms with E-state index in [0.717, 1.165) is 5.56 Å². The number of alkyl halides is 2. The number of sulfonamides is 1. The predicted octanol–water partition coefficient (Wildman–Crippen LogP) is 5.08. The van der Waals surface area contributed by atoms with Crippen LogP contribution in [0.25, 0.3) is 0 Å². The van der Waals surface area contributed by atoms with E-state index in [0.29, 0.717) is 30.7 Å². The van der Waals surface area contributed by atoms with Gasteiger partial charge in [-0.05, 0) is 48.9 Å². The lowest BCUT2D eigenvalue weighted by Gasteiger charge is -2.31. The van der Waals surface area contributed by atoms with Crippen molar-refractivity contribution in [1.82, 2.24) is 9.62 Å². The van der Waals surface area contributed by atoms with Crippen molar-refractivity contribution in [2.45, 2.75) is 63.5 Å². The lowest BCUT2D eigenvalue weighted by molar-refractivity contribution is -0.126. The Bertz CT molecular complexity index is 1070. The number of nitrogens with zero attached hydrogens (tertiary/aromatic N) is 1. The van der Waals surface area contributed by atoms with E-state index in [4.69, 9.17) is 0 Å². The van der Waals surface area contributed by atoms with Gasteiger partial charge in [0.05, 0.1) is 10.9 Å². The van der Waals surface area contributed by atoms with Crippen LogP contribution in [0.3, 0.4) is 0 Å². The first-order valence-electron chi connectivity index (χ1n) is 11.6. The molecular formula is C25H32F2N2O4S. The van der Waals surface area contributed by atoms with Crippen molar-refractivity contribution in [3.05, 3.63) is 59.7 Å². The molecule has 0 radical (unpaired) electrons. The number of benzene rings is 2. The van der Waals surface area contributed by atoms with Crippen molar-refractivity contribution in [3.63, 3.8) is 0 Å². The molecule has 1 unspecified atom stereocenters. The van der Waals surface area contributed by atoms with Crippen LogP contribution in [-0.2, 0) is 14.8 Å². The van der Waals surface area contributed by atoms with Gasteiger partial charge in [-0.15, -0.1) is 0 Å². The first-order valence-corrected chi connectivity index (χ1v) is 13.0. The summed E-state index contributed by atoms with van der Waals surface area (Å²) in [6.45, 7) is 3.48. The summed E-state index contributed by atoms with van der Waals surface area (Å²) < 4.78 is 57.6. The first-order chi connectivity index (χ1) is 16.1. The Morgan fingerprint density at radius 1 is 1.09 bits per heavy atom. The first kappa shape index (κ1) is 26.1. The third-order valence-corrected chi connectivity index (χ3v) is 8.16. The third-order valence-electron chi connectivity index (χ3n) is 6.24. The van der Waals surface area contributed by atoms with Crippen molar-refractivity contribution < 1.29 is 26.7 Å². The topological polar surface area (TPSA) is 75.7 Å². The Labute approximate surface area is 200 Å². The average Bonchev–Trinajstić information content (AvgIpc) is 2.82. The maximum absolute atomic E-state index is 13.0. The molecule has 6 nitrogen and oxygen atoms in total. The van der Waals surface area contributed by atoms with Gasteiger partial charge in [0, 0.05) is 24.6 Å². The van der Waals surface area contributed by atoms with Gasteiger partial charge in [-0.25, -0.2) is 8.42 Å². The predicted molar refractivity (Wildman–Crippen MR) is 126 cm³/mol. The smallest absolute Gasteiger partial charge is 0.387 e. The van der Waals surface area contributed by atoms with Crippen molar-refractivity contribution >= 4 is 15.9 Å². The zero-order chi connectivity index (χ0) is 24.9. The average molecular weight is 495 g/mol. The van der Waals surface area contributed by atoms with Gasteiger partial charge < -0.3 is 10.1 Å². The lowest BCUT2D eigenvalue weighted by Crippen LogP contribution is -2.43. The minimum absolute atomic E-state index is 0.0362. The van der Waals surface area contributed by atoms with Gasteiger partial charge >= 0.3 is 6.61 Å². The normalized spacial score (nSPS) is 16.6. The molecule has 0 aromatic heterocycles. The van der Waals surface area contributed by atoms with Gasteiger partial charge in [0.15, 0.2) is 0 Å². The van der Waals surface area contributed by atoms with Gasteiger partial charge in [0.25, 0.3) is 0 Å². The molecule has 1 amide bonds. The molecule has 2 aromatic rings. The summed E-state index contributed by atoms with van der Waals surface area (Å²) in [7, 11) is -3.63. The van der Waals surface area contributed by atoms with Crippen LogP contribution in [0.4, 0.5) is 8.78 Å². The van der Waals surface area contributed by atoms with Crippen molar-refractivity contribution in [2.75, 3.05) is 13.1 Å². The molecule has 1 fully saturated rings. The molecule has 0 saturated carbocycles. The number of nitrogens with one attached hydrogen (secondary N) is 1. The van der Waals surface area contributed by atoms with E-state index in [1.165, 1.54) is 10.4 Å². The second-order valence-electron chi connectivity index (χ2n) is 8.79. The van der Waals surface area contributed by atoms with Crippen LogP contribution in [-0.4, -0.2) is 38.3 Å². The number of hydrogen-bond donors (Lipinski definition) is 1. The van der Waals surface area contributed by atoms with Crippen LogP contribution in [0.15, 0.2) is 53.4 Å². The van der Waals surface area contributed by atoms with E-state index >= 15 is 0 Å². The third kappa shape index (κ3) is 6.13. The zero-order valence-corrected chi connectivity index (χ0v) is 20.5. The maximum Gasteiger partial charge on any atom is 0.387 e. The molecular weight excluding hydrogens is 462 g/mol. The van der Waals surface area contributed by atoms with Gasteiger partial charge in [-0.1, -0.05) is 51.1 Å². The number of amides is 1. The Balaban J connectivity index is 1.63. The second-order valence-corrected chi connectivity index (χ2v) is 10.7. The quantitative estimate of drug-likeness (QED) is 0.528. The second kappa shape index (κ2) is 11.3. The maximum atomic E-state index is 13.0. The molecule has 1 aliphatic rings. The number of carbonyl (C=O) groups excluding carboxylic acids is 1. The number of piperidine rings is 1. The summed E-state index contributed by atoms with van der Waals surface area (Å²) in [5.74, 6) is -0.218. The molecule has 1 aliphatic heterocycles. The molecule has 1 atom stereocenters. The number of halogens is 2. The van der Waals surface area contributed by atoms with Crippen LogP contribution in [0, 0.1) is 5.92 Å². The van der Waals surface area contributed by atoms with E-state index in [1.54, 1.807) is 30.3 Å². The highest BCUT2D eigenvalue weighted by Crippen LogP contribution is 2.30. The fraction of sp³-hybridized carbons (Fsp3) is 0.480. The minimum atomic E-state index is -3.63. The van der Waals surface area contributed by atoms with Gasteiger partial charge in [0.1, 0.15) is 5.75 Å². The van der Waals surface area contributed by atoms with Crippen molar-refractivity contribution in [3.8, 4) is 5.75 Å². The Morgan fingerprint density at radius 2 is 1.71 bits per heavy atom. The summed E-state index contributed by atoms with van der Waals surface area (Å²) in [6.07, 6.45) is 1.27. The van der Waals surface area contributed by atoms with Gasteiger partial charge in [0.2, 0.25) is 15.9 Å². The molecule has 2 aromatic carbocycles. The summed E-state index contributed by atoms with van der Waals surface area (Å²) in [6, 6.07) is 12.9. The molecule has 1 heterocycles. The largest absolute Gasteiger partial charge is 0.434 e. The number of rotatable bonds is 9. The fourth-order valence-corrected chi connectivity index (χ4v) is 5.66. The number of hydrogen-bond acceptors (Lipinski definition) is 4. The van der Waals surface area contributed by atoms with E-state index in [-0.39, 0.29) is 35.6 Å². The van der Waals surface area contributed by atoms with Crippen LogP contribution >= 0.6 is 0 Å². The zero-order valence-electron chi connectivity index (χ0n) is 19.7. The Hall–Kier alpha value is -2.52. The highest BCUT2D eigenvalue weighted by atomic mass is 32.2. The van der Waals surface area contributed by atoms with E-state index in [9.17, 15) is 22.0 Å². The number of carbonyl (C=O) groups is 1. The van der Waals surface area contributed by atoms with Crippen LogP contribution in [0.5, 0.6) is 5.75 Å². The Kier molecular flexibility index (Phi) is 8.65. The molecule has 0 aliphatic carbocycles. The van der Waals surface area contributed by atoms with Gasteiger partial charge in [-0.2, -0.15) is 13.1 Å². The Morgan fingerprint density at radius 3 is 2.26 bits per heavy atom. The van der Waals surface area contributed by atoms with Crippen molar-refractivity contribution in [1.29, 1.82) is 0 Å². The molecule has 1 N–H and O–H groups in total. The van der Waals surface area contributed by atoms with Crippen LogP contribution < -0.4 is 10.1 Å². The monoisotopic (exact) mass is 494 g/mol. The molecule has 0 bridgehead atoms. The van der Waals surface area contributed by atoms with Crippen LogP contribution in [0.1, 0.15) is 63.1 Å². The highest BCUT2D eigenvalue weighted by molar-refractivity contribution is 7.89. The fourth-order valence-electron chi connectivity index (χ4n) is 4.19. The SMILES string of the molecule is CCC(NC(=O)C1CCN(S(=O)(=O)c2ccc(C(C)C)cc2)CC1)c1ccccc1OC(F)F. The van der Waals surface area contributed by atoms with E-state index in [2.05, 4.69) is 10.1 Å². The summed E-state index contributed by atoms with van der Waals surface area (Å²) >= 11 is 0. The minimum Gasteiger partial charge on any atom is -0.434 e. The van der Waals surface area contributed by atoms with Gasteiger partial charge in [-0.3, -0.25) is 4.79 Å². The summed E-state index contributed by atoms with van der Waals surface area (Å²) in [5.41, 5.74) is 1.56. The number of ether oxygens (including phenoxy) is 1. The molecule has 1 saturated heterocycles. The highest BCUT2D eigenvalue weighted by Gasteiger charge is 2.33. The van der Waals surface area contributed by atoms with E-state index < -0.39 is 22.7 Å². The van der Waals surface area contributed by atoms with Crippen molar-refractivity contribution in [2.24, 2.45) is 5.92 Å². The number of para-hydroxylation sites is 1.